The minimum Gasteiger partial charge on any atom is -0.338 e. The summed E-state index contributed by atoms with van der Waals surface area (Å²) in [5.74, 6) is 0.0392. The lowest BCUT2D eigenvalue weighted by atomic mass is 10.1. The number of hydrogen-bond donors (Lipinski definition) is 4. The lowest BCUT2D eigenvalue weighted by molar-refractivity contribution is -0.137. The predicted octanol–water partition coefficient (Wildman–Crippen LogP) is 1.05. The van der Waals surface area contributed by atoms with Crippen molar-refractivity contribution in [3.63, 3.8) is 0 Å². The van der Waals surface area contributed by atoms with Gasteiger partial charge in [0.25, 0.3) is 0 Å². The number of aromatic nitrogens is 2. The van der Waals surface area contributed by atoms with Crippen LogP contribution in [0.2, 0.25) is 0 Å². The Bertz CT molecular complexity index is 1180. The number of carbonyl (C=O) groups excluding carboxylic acids is 2. The molecule has 0 radical (unpaired) electrons. The molecule has 11 heteroatoms. The first-order valence-electron chi connectivity index (χ1n) is 13.3. The highest BCUT2D eigenvalue weighted by atomic mass is 16.2. The van der Waals surface area contributed by atoms with Gasteiger partial charge in [-0.2, -0.15) is 4.98 Å². The molecular weight excluding hydrogens is 484 g/mol. The Kier molecular flexibility index (Phi) is 8.49. The molecule has 11 nitrogen and oxygen atoms in total. The number of piperazine rings is 1. The van der Waals surface area contributed by atoms with Gasteiger partial charge in [0, 0.05) is 50.5 Å². The summed E-state index contributed by atoms with van der Waals surface area (Å²) in [6, 6.07) is 10.2. The molecule has 6 N–H and O–H groups in total. The molecule has 1 aromatic heterocycles. The van der Waals surface area contributed by atoms with E-state index in [-0.39, 0.29) is 17.8 Å². The minimum atomic E-state index is -0.946. The maximum absolute atomic E-state index is 12.7. The Morgan fingerprint density at radius 2 is 1.74 bits per heavy atom. The lowest BCUT2D eigenvalue weighted by Crippen LogP contribution is -2.58. The van der Waals surface area contributed by atoms with Gasteiger partial charge in [-0.1, -0.05) is 12.1 Å². The van der Waals surface area contributed by atoms with E-state index in [0.29, 0.717) is 50.0 Å². The van der Waals surface area contributed by atoms with E-state index in [2.05, 4.69) is 22.5 Å². The zero-order valence-electron chi connectivity index (χ0n) is 22.5. The van der Waals surface area contributed by atoms with Crippen LogP contribution in [0.5, 0.6) is 0 Å². The number of benzene rings is 1. The molecule has 3 atom stereocenters. The molecule has 4 rings (SSSR count). The van der Waals surface area contributed by atoms with Gasteiger partial charge in [0.1, 0.15) is 5.82 Å². The monoisotopic (exact) mass is 524 g/mol. The molecule has 1 aliphatic carbocycles. The van der Waals surface area contributed by atoms with Crippen molar-refractivity contribution in [1.29, 1.82) is 0 Å². The average Bonchev–Trinajstić information content (AvgIpc) is 3.28. The third-order valence-corrected chi connectivity index (χ3v) is 7.19. The minimum absolute atomic E-state index is 0.142. The summed E-state index contributed by atoms with van der Waals surface area (Å²) in [5.41, 5.74) is 12.4. The summed E-state index contributed by atoms with van der Waals surface area (Å²) in [4.78, 5) is 45.0. The first-order chi connectivity index (χ1) is 18.0. The van der Waals surface area contributed by atoms with E-state index in [9.17, 15) is 14.4 Å². The molecule has 1 saturated heterocycles. The standard InChI is InChI=1S/C27H40N8O3/c1-18(30-21-7-6-20(28)17-21)16-19-4-8-22(9-5-19)35-11-10-23(32-26(35)38)31-25(37)34-14-12-33(13-15-34)24(36)27(2,3)29/h4-5,8-11,18,20-21,30H,6-7,12-17,28-29H2,1-3H3,(H,31,32,37,38)/t18?,20-,21-/m1/s1. The first-order valence-corrected chi connectivity index (χ1v) is 13.3. The fourth-order valence-electron chi connectivity index (χ4n) is 5.15. The van der Waals surface area contributed by atoms with Gasteiger partial charge in [0.2, 0.25) is 5.91 Å². The van der Waals surface area contributed by atoms with Gasteiger partial charge >= 0.3 is 11.7 Å². The Morgan fingerprint density at radius 3 is 2.32 bits per heavy atom. The van der Waals surface area contributed by atoms with Crippen LogP contribution >= 0.6 is 0 Å². The zero-order valence-corrected chi connectivity index (χ0v) is 22.5. The van der Waals surface area contributed by atoms with Crippen LogP contribution in [0.15, 0.2) is 41.3 Å². The van der Waals surface area contributed by atoms with E-state index >= 15 is 0 Å². The van der Waals surface area contributed by atoms with Crippen LogP contribution < -0.4 is 27.8 Å². The van der Waals surface area contributed by atoms with Gasteiger partial charge in [-0.3, -0.25) is 14.7 Å². The van der Waals surface area contributed by atoms with E-state index in [1.165, 1.54) is 10.1 Å². The summed E-state index contributed by atoms with van der Waals surface area (Å²) in [5, 5.41) is 6.35. The summed E-state index contributed by atoms with van der Waals surface area (Å²) in [7, 11) is 0. The molecule has 206 valence electrons. The second-order valence-corrected chi connectivity index (χ2v) is 11.1. The molecule has 0 spiro atoms. The average molecular weight is 525 g/mol. The number of amides is 3. The molecule has 1 aliphatic heterocycles. The summed E-state index contributed by atoms with van der Waals surface area (Å²) in [6.07, 6.45) is 5.73. The number of carbonyl (C=O) groups is 2. The number of nitrogens with two attached hydrogens (primary N) is 2. The second-order valence-electron chi connectivity index (χ2n) is 11.1. The maximum atomic E-state index is 12.7. The van der Waals surface area contributed by atoms with Gasteiger partial charge in [-0.25, -0.2) is 9.59 Å². The number of nitrogens with zero attached hydrogens (tertiary/aromatic N) is 4. The molecule has 2 aromatic rings. The molecular formula is C27H40N8O3. The van der Waals surface area contributed by atoms with Crippen molar-refractivity contribution in [2.24, 2.45) is 11.5 Å². The number of urea groups is 1. The third kappa shape index (κ3) is 6.97. The topological polar surface area (TPSA) is 152 Å². The number of nitrogens with one attached hydrogen (secondary N) is 2. The highest BCUT2D eigenvalue weighted by Gasteiger charge is 2.31. The number of hydrogen-bond acceptors (Lipinski definition) is 7. The molecule has 1 aromatic carbocycles. The molecule has 38 heavy (non-hydrogen) atoms. The van der Waals surface area contributed by atoms with Crippen LogP contribution in [0, 0.1) is 0 Å². The maximum Gasteiger partial charge on any atom is 0.354 e. The number of rotatable bonds is 7. The van der Waals surface area contributed by atoms with Crippen LogP contribution in [0.1, 0.15) is 45.6 Å². The molecule has 1 unspecified atom stereocenters. The highest BCUT2D eigenvalue weighted by molar-refractivity contribution is 5.89. The van der Waals surface area contributed by atoms with Crippen molar-refractivity contribution in [2.45, 2.75) is 70.1 Å². The summed E-state index contributed by atoms with van der Waals surface area (Å²) < 4.78 is 1.44. The van der Waals surface area contributed by atoms with Crippen LogP contribution in [0.3, 0.4) is 0 Å². The largest absolute Gasteiger partial charge is 0.354 e. The van der Waals surface area contributed by atoms with Gasteiger partial charge < -0.3 is 26.6 Å². The van der Waals surface area contributed by atoms with E-state index in [1.807, 2.05) is 24.3 Å². The number of anilines is 1. The summed E-state index contributed by atoms with van der Waals surface area (Å²) in [6.45, 7) is 7.08. The van der Waals surface area contributed by atoms with Crippen molar-refractivity contribution in [3.8, 4) is 5.69 Å². The Balaban J connectivity index is 1.30. The van der Waals surface area contributed by atoms with Crippen LogP contribution in [0.25, 0.3) is 5.69 Å². The Morgan fingerprint density at radius 1 is 1.08 bits per heavy atom. The van der Waals surface area contributed by atoms with Crippen molar-refractivity contribution >= 4 is 17.8 Å². The van der Waals surface area contributed by atoms with E-state index in [1.54, 1.807) is 35.9 Å². The second kappa shape index (κ2) is 11.6. The van der Waals surface area contributed by atoms with Gasteiger partial charge in [-0.05, 0) is 70.2 Å². The highest BCUT2D eigenvalue weighted by Crippen LogP contribution is 2.19. The fraction of sp³-hybridized carbons (Fsp3) is 0.556. The van der Waals surface area contributed by atoms with E-state index < -0.39 is 11.2 Å². The SMILES string of the molecule is CC(Cc1ccc(-n2ccc(NC(=O)N3CCN(C(=O)C(C)(C)N)CC3)nc2=O)cc1)N[C@@H]1CC[C@@H](N)C1. The molecule has 2 fully saturated rings. The summed E-state index contributed by atoms with van der Waals surface area (Å²) >= 11 is 0. The first kappa shape index (κ1) is 27.7. The van der Waals surface area contributed by atoms with Crippen LogP contribution in [0.4, 0.5) is 10.6 Å². The predicted molar refractivity (Wildman–Crippen MR) is 147 cm³/mol. The quantitative estimate of drug-likeness (QED) is 0.422. The van der Waals surface area contributed by atoms with Crippen LogP contribution in [-0.2, 0) is 11.2 Å². The Hall–Kier alpha value is -3.28. The van der Waals surface area contributed by atoms with Gasteiger partial charge in [0.05, 0.1) is 11.2 Å². The molecule has 2 heterocycles. The molecule has 3 amide bonds. The van der Waals surface area contributed by atoms with Crippen LogP contribution in [-0.4, -0.2) is 81.1 Å². The molecule has 2 aliphatic rings. The molecule has 0 bridgehead atoms. The molecule has 1 saturated carbocycles. The normalized spacial score (nSPS) is 20.9. The van der Waals surface area contributed by atoms with Crippen molar-refractivity contribution in [3.05, 3.63) is 52.6 Å². The van der Waals surface area contributed by atoms with Crippen molar-refractivity contribution in [2.75, 3.05) is 31.5 Å². The third-order valence-electron chi connectivity index (χ3n) is 7.19. The van der Waals surface area contributed by atoms with Crippen molar-refractivity contribution in [1.82, 2.24) is 24.7 Å². The fourth-order valence-corrected chi connectivity index (χ4v) is 5.15. The van der Waals surface area contributed by atoms with E-state index in [4.69, 9.17) is 11.5 Å². The van der Waals surface area contributed by atoms with Gasteiger partial charge in [-0.15, -0.1) is 0 Å². The lowest BCUT2D eigenvalue weighted by Gasteiger charge is -2.37. The smallest absolute Gasteiger partial charge is 0.338 e. The van der Waals surface area contributed by atoms with Crippen molar-refractivity contribution < 1.29 is 9.59 Å². The van der Waals surface area contributed by atoms with Gasteiger partial charge in [0.15, 0.2) is 0 Å². The van der Waals surface area contributed by atoms with E-state index in [0.717, 1.165) is 25.7 Å². The Labute approximate surface area is 223 Å². The zero-order chi connectivity index (χ0) is 27.4.